The summed E-state index contributed by atoms with van der Waals surface area (Å²) in [7, 11) is 0. The molecule has 3 rings (SSSR count). The zero-order valence-corrected chi connectivity index (χ0v) is 13.8. The number of amides is 1. The van der Waals surface area contributed by atoms with Crippen molar-refractivity contribution in [2.75, 3.05) is 0 Å². The molecule has 6 nitrogen and oxygen atoms in total. The molecule has 0 radical (unpaired) electrons. The molecule has 0 aliphatic carbocycles. The van der Waals surface area contributed by atoms with Crippen molar-refractivity contribution in [3.05, 3.63) is 41.9 Å². The largest absolute Gasteiger partial charge is 0.543 e. The minimum atomic E-state index is -1.34. The van der Waals surface area contributed by atoms with Crippen LogP contribution in [0.15, 0.2) is 41.9 Å². The number of hydrogen-bond acceptors (Lipinski definition) is 5. The molecule has 9 heteroatoms. The molecule has 120 valence electrons. The fourth-order valence-corrected chi connectivity index (χ4v) is 3.71. The van der Waals surface area contributed by atoms with Crippen molar-refractivity contribution in [2.45, 2.75) is 23.7 Å². The molecule has 1 amide bonds. The van der Waals surface area contributed by atoms with E-state index in [0.717, 1.165) is 0 Å². The first-order valence-corrected chi connectivity index (χ1v) is 7.14. The Hall–Kier alpha value is -1.28. The van der Waals surface area contributed by atoms with Gasteiger partial charge in [-0.3, -0.25) is 9.69 Å². The van der Waals surface area contributed by atoms with Crippen LogP contribution in [0.4, 0.5) is 0 Å². The van der Waals surface area contributed by atoms with Crippen molar-refractivity contribution in [2.24, 2.45) is 5.73 Å². The second-order valence-corrected chi connectivity index (χ2v) is 6.01. The molecule has 1 fully saturated rings. The van der Waals surface area contributed by atoms with E-state index in [4.69, 9.17) is 5.73 Å². The number of carboxylic acid groups (broad SMARTS) is 1. The van der Waals surface area contributed by atoms with Gasteiger partial charge in [-0.25, -0.2) is 4.57 Å². The number of carboxylic acids is 1. The number of pyridine rings is 1. The quantitative estimate of drug-likeness (QED) is 0.572. The van der Waals surface area contributed by atoms with Gasteiger partial charge in [-0.1, -0.05) is 6.07 Å². The van der Waals surface area contributed by atoms with Crippen molar-refractivity contribution in [3.8, 4) is 0 Å². The number of carbonyl (C=O) groups excluding carboxylic acids is 2. The minimum absolute atomic E-state index is 0. The number of fused-ring (bicyclic) bond motifs is 1. The highest BCUT2D eigenvalue weighted by molar-refractivity contribution is 8.00. The normalized spacial score (nSPS) is 23.0. The highest BCUT2D eigenvalue weighted by Gasteiger charge is 2.46. The summed E-state index contributed by atoms with van der Waals surface area (Å²) in [5.74, 6) is -1.53. The lowest BCUT2D eigenvalue weighted by Gasteiger charge is -2.47. The average Bonchev–Trinajstić information content (AvgIpc) is 2.41. The molecule has 2 aliphatic heterocycles. The molecule has 1 aromatic heterocycles. The highest BCUT2D eigenvalue weighted by atomic mass is 35.5. The van der Waals surface area contributed by atoms with E-state index in [2.05, 4.69) is 0 Å². The second kappa shape index (κ2) is 7.32. The number of aliphatic carboxylic acids is 1. The molecule has 2 aliphatic rings. The topological polar surface area (TPSA) is 90.3 Å². The summed E-state index contributed by atoms with van der Waals surface area (Å²) in [6.45, 7) is 0.328. The van der Waals surface area contributed by atoms with E-state index in [-0.39, 0.29) is 41.8 Å². The fraction of sp³-hybridized carbons (Fsp3) is 0.308. The smallest absolute Gasteiger partial charge is 0.230 e. The third kappa shape index (κ3) is 3.22. The average molecular weight is 364 g/mol. The molecule has 3 heterocycles. The summed E-state index contributed by atoms with van der Waals surface area (Å²) in [6, 6.07) is 5.56. The van der Waals surface area contributed by atoms with E-state index < -0.39 is 11.3 Å². The minimum Gasteiger partial charge on any atom is -0.543 e. The first-order valence-electron chi connectivity index (χ1n) is 6.19. The van der Waals surface area contributed by atoms with Gasteiger partial charge in [-0.05, 0) is 0 Å². The van der Waals surface area contributed by atoms with Crippen molar-refractivity contribution in [1.29, 1.82) is 0 Å². The molecule has 0 aromatic carbocycles. The van der Waals surface area contributed by atoms with E-state index in [1.807, 2.05) is 35.2 Å². The Bertz CT molecular complexity index is 612. The van der Waals surface area contributed by atoms with Gasteiger partial charge in [0.1, 0.15) is 0 Å². The summed E-state index contributed by atoms with van der Waals surface area (Å²) >= 11 is 1.41. The monoisotopic (exact) mass is 363 g/mol. The molecule has 2 atom stereocenters. The fourth-order valence-electron chi connectivity index (χ4n) is 2.44. The lowest BCUT2D eigenvalue weighted by molar-refractivity contribution is -0.689. The van der Waals surface area contributed by atoms with Gasteiger partial charge < -0.3 is 15.6 Å². The van der Waals surface area contributed by atoms with Crippen LogP contribution in [0, 0.1) is 0 Å². The van der Waals surface area contributed by atoms with Gasteiger partial charge in [0, 0.05) is 17.7 Å². The van der Waals surface area contributed by atoms with Crippen molar-refractivity contribution in [3.63, 3.8) is 0 Å². The predicted molar refractivity (Wildman–Crippen MR) is 84.0 cm³/mol. The lowest BCUT2D eigenvalue weighted by atomic mass is 10.1. The molecular weight excluding hydrogens is 349 g/mol. The van der Waals surface area contributed by atoms with Crippen molar-refractivity contribution >= 4 is 48.5 Å². The molecule has 0 spiro atoms. The van der Waals surface area contributed by atoms with Gasteiger partial charge >= 0.3 is 0 Å². The Morgan fingerprint density at radius 1 is 1.36 bits per heavy atom. The number of halogens is 2. The van der Waals surface area contributed by atoms with E-state index in [1.54, 1.807) is 0 Å². The van der Waals surface area contributed by atoms with E-state index in [1.165, 1.54) is 16.7 Å². The van der Waals surface area contributed by atoms with Gasteiger partial charge in [0.15, 0.2) is 18.9 Å². The van der Waals surface area contributed by atoms with E-state index >= 15 is 0 Å². The SMILES string of the molecule is Cl.Cl.NC1S[C@@H]2CC(=O)N2C(C(=O)[O-])=C1C[n+]1ccccc1. The van der Waals surface area contributed by atoms with Crippen LogP contribution in [0.25, 0.3) is 0 Å². The molecule has 1 saturated heterocycles. The maximum absolute atomic E-state index is 11.6. The Morgan fingerprint density at radius 3 is 2.55 bits per heavy atom. The third-order valence-corrected chi connectivity index (χ3v) is 4.69. The maximum atomic E-state index is 11.6. The lowest BCUT2D eigenvalue weighted by Crippen LogP contribution is -2.59. The predicted octanol–water partition coefficient (Wildman–Crippen LogP) is -0.588. The van der Waals surface area contributed by atoms with Gasteiger partial charge in [-0.2, -0.15) is 0 Å². The number of nitrogens with zero attached hydrogens (tertiary/aromatic N) is 2. The van der Waals surface area contributed by atoms with E-state index in [9.17, 15) is 14.7 Å². The number of hydrogen-bond donors (Lipinski definition) is 1. The van der Waals surface area contributed by atoms with Crippen LogP contribution in [0.2, 0.25) is 0 Å². The molecule has 0 bridgehead atoms. The van der Waals surface area contributed by atoms with Crippen LogP contribution in [-0.2, 0) is 16.1 Å². The van der Waals surface area contributed by atoms with Gasteiger partial charge in [-0.15, -0.1) is 36.6 Å². The number of thioether (sulfide) groups is 1. The molecule has 0 saturated carbocycles. The summed E-state index contributed by atoms with van der Waals surface area (Å²) in [4.78, 5) is 24.3. The number of aromatic nitrogens is 1. The summed E-state index contributed by atoms with van der Waals surface area (Å²) in [6.07, 6.45) is 3.98. The standard InChI is InChI=1S/C13H13N3O3S.2ClH/c14-12-8(7-15-4-2-1-3-5-15)11(13(18)19)16-9(17)6-10(16)20-12;;/h1-5,10,12H,6-7,14H2;2*1H/t10-,12?;;/m1../s1. The third-order valence-electron chi connectivity index (χ3n) is 3.42. The first-order chi connectivity index (χ1) is 9.58. The number of carbonyl (C=O) groups is 2. The van der Waals surface area contributed by atoms with Crippen LogP contribution < -0.4 is 15.4 Å². The van der Waals surface area contributed by atoms with Crippen LogP contribution in [-0.4, -0.2) is 27.5 Å². The molecule has 22 heavy (non-hydrogen) atoms. The number of rotatable bonds is 3. The first kappa shape index (κ1) is 18.8. The molecule has 1 unspecified atom stereocenters. The van der Waals surface area contributed by atoms with Gasteiger partial charge in [0.25, 0.3) is 0 Å². The molecule has 1 aromatic rings. The Balaban J connectivity index is 0.00000121. The van der Waals surface area contributed by atoms with E-state index in [0.29, 0.717) is 18.5 Å². The number of nitrogens with two attached hydrogens (primary N) is 1. The Kier molecular flexibility index (Phi) is 6.25. The Labute approximate surface area is 144 Å². The zero-order valence-electron chi connectivity index (χ0n) is 11.4. The highest BCUT2D eigenvalue weighted by Crippen LogP contribution is 2.41. The molecular formula is C13H15Cl2N3O3S. The van der Waals surface area contributed by atoms with Crippen LogP contribution >= 0.6 is 36.6 Å². The summed E-state index contributed by atoms with van der Waals surface area (Å²) in [5, 5.41) is 10.8. The Morgan fingerprint density at radius 2 is 2.00 bits per heavy atom. The van der Waals surface area contributed by atoms with Gasteiger partial charge in [0.05, 0.1) is 28.8 Å². The van der Waals surface area contributed by atoms with Crippen molar-refractivity contribution in [1.82, 2.24) is 4.90 Å². The van der Waals surface area contributed by atoms with Crippen LogP contribution in [0.3, 0.4) is 0 Å². The maximum Gasteiger partial charge on any atom is 0.230 e. The van der Waals surface area contributed by atoms with Crippen molar-refractivity contribution < 1.29 is 19.3 Å². The summed E-state index contributed by atoms with van der Waals surface area (Å²) < 4.78 is 1.82. The second-order valence-electron chi connectivity index (χ2n) is 4.69. The molecule has 2 N–H and O–H groups in total. The van der Waals surface area contributed by atoms with Crippen LogP contribution in [0.5, 0.6) is 0 Å². The van der Waals surface area contributed by atoms with Crippen LogP contribution in [0.1, 0.15) is 6.42 Å². The van der Waals surface area contributed by atoms with Gasteiger partial charge in [0.2, 0.25) is 5.91 Å². The zero-order chi connectivity index (χ0) is 14.3. The number of β-lactam (4-membered cyclic amide) rings is 1. The summed E-state index contributed by atoms with van der Waals surface area (Å²) in [5.41, 5.74) is 6.50.